The molecule has 0 aliphatic rings. The van der Waals surface area contributed by atoms with E-state index in [4.69, 9.17) is 9.47 Å². The Balaban J connectivity index is 2.07. The summed E-state index contributed by atoms with van der Waals surface area (Å²) < 4.78 is 13.2. The second kappa shape index (κ2) is 6.17. The van der Waals surface area contributed by atoms with Crippen molar-refractivity contribution < 1.29 is 19.4 Å². The molecule has 0 unspecified atom stereocenters. The second-order valence-corrected chi connectivity index (χ2v) is 4.41. The van der Waals surface area contributed by atoms with Gasteiger partial charge in [0.05, 0.1) is 19.9 Å². The zero-order chi connectivity index (χ0) is 15.4. The number of methoxy groups -OCH3 is 1. The third-order valence-corrected chi connectivity index (χ3v) is 3.01. The van der Waals surface area contributed by atoms with Crippen molar-refractivity contribution in [2.75, 3.05) is 13.7 Å². The highest BCUT2D eigenvalue weighted by molar-refractivity contribution is 5.76. The molecule has 0 amide bonds. The van der Waals surface area contributed by atoms with Crippen LogP contribution in [0.5, 0.6) is 17.4 Å². The van der Waals surface area contributed by atoms with Gasteiger partial charge in [-0.15, -0.1) is 0 Å². The van der Waals surface area contributed by atoms with Crippen LogP contribution in [0.3, 0.4) is 0 Å². The van der Waals surface area contributed by atoms with Gasteiger partial charge in [-0.1, -0.05) is 0 Å². The minimum absolute atomic E-state index is 0.116. The quantitative estimate of drug-likeness (QED) is 0.796. The van der Waals surface area contributed by atoms with E-state index >= 15 is 0 Å². The van der Waals surface area contributed by atoms with Crippen molar-refractivity contribution in [3.05, 3.63) is 40.4 Å². The molecule has 1 N–H and O–H groups in total. The third-order valence-electron chi connectivity index (χ3n) is 3.01. The van der Waals surface area contributed by atoms with Crippen molar-refractivity contribution in [1.29, 1.82) is 0 Å². The number of aromatic nitrogens is 2. The van der Waals surface area contributed by atoms with Crippen LogP contribution in [0.2, 0.25) is 0 Å². The van der Waals surface area contributed by atoms with E-state index in [0.717, 1.165) is 0 Å². The Morgan fingerprint density at radius 1 is 1.33 bits per heavy atom. The van der Waals surface area contributed by atoms with Crippen molar-refractivity contribution in [1.82, 2.24) is 9.13 Å². The minimum Gasteiger partial charge on any atom is -0.493 e. The van der Waals surface area contributed by atoms with Crippen LogP contribution in [-0.2, 0) is 13.6 Å². The van der Waals surface area contributed by atoms with E-state index in [1.54, 1.807) is 25.2 Å². The topological polar surface area (TPSA) is 82.7 Å². The molecule has 0 spiro atoms. The molecule has 0 aliphatic carbocycles. The Bertz CT molecular complexity index is 702. The highest BCUT2D eigenvalue weighted by Gasteiger charge is 2.09. The summed E-state index contributed by atoms with van der Waals surface area (Å²) in [5, 5.41) is 9.60. The number of imidazole rings is 1. The first-order valence-electron chi connectivity index (χ1n) is 6.28. The van der Waals surface area contributed by atoms with Crippen LogP contribution in [0.4, 0.5) is 0 Å². The Kier molecular flexibility index (Phi) is 4.32. The van der Waals surface area contributed by atoms with Crippen molar-refractivity contribution in [3.8, 4) is 17.4 Å². The molecule has 1 heterocycles. The third kappa shape index (κ3) is 3.07. The van der Waals surface area contributed by atoms with Crippen LogP contribution in [0, 0.1) is 0 Å². The first-order chi connectivity index (χ1) is 10.1. The van der Waals surface area contributed by atoms with Crippen LogP contribution in [0.25, 0.3) is 0 Å². The number of rotatable bonds is 6. The number of nitrogens with zero attached hydrogens (tertiary/aromatic N) is 2. The van der Waals surface area contributed by atoms with Crippen LogP contribution >= 0.6 is 0 Å². The molecule has 0 atom stereocenters. The van der Waals surface area contributed by atoms with Gasteiger partial charge in [0, 0.05) is 12.6 Å². The van der Waals surface area contributed by atoms with Crippen molar-refractivity contribution in [2.24, 2.45) is 7.05 Å². The lowest BCUT2D eigenvalue weighted by Gasteiger charge is -2.11. The number of hydrogen-bond acceptors (Lipinski definition) is 5. The lowest BCUT2D eigenvalue weighted by atomic mass is 10.2. The standard InChI is InChI=1S/C14H16N2O5/c1-15-8-13(18)16(14(15)19)5-6-21-11-4-3-10(9-17)7-12(11)20-2/h3-4,7-9,18H,5-6H2,1-2H3. The molecule has 2 rings (SSSR count). The zero-order valence-corrected chi connectivity index (χ0v) is 11.8. The average molecular weight is 292 g/mol. The second-order valence-electron chi connectivity index (χ2n) is 4.41. The number of carbonyl (C=O) groups excluding carboxylic acids is 1. The predicted octanol–water partition coefficient (Wildman–Crippen LogP) is 0.792. The molecule has 7 nitrogen and oxygen atoms in total. The molecule has 0 fully saturated rings. The van der Waals surface area contributed by atoms with Gasteiger partial charge in [0.25, 0.3) is 0 Å². The maximum atomic E-state index is 11.7. The van der Waals surface area contributed by atoms with E-state index in [1.165, 1.54) is 22.4 Å². The molecule has 0 radical (unpaired) electrons. The van der Waals surface area contributed by atoms with Gasteiger partial charge in [-0.25, -0.2) is 4.79 Å². The normalized spacial score (nSPS) is 10.4. The van der Waals surface area contributed by atoms with Gasteiger partial charge in [0.1, 0.15) is 12.9 Å². The number of carbonyl (C=O) groups is 1. The smallest absolute Gasteiger partial charge is 0.330 e. The fraction of sp³-hybridized carbons (Fsp3) is 0.286. The van der Waals surface area contributed by atoms with Crippen LogP contribution in [0.15, 0.2) is 29.2 Å². The SMILES string of the molecule is COc1cc(C=O)ccc1OCCn1c(O)cn(C)c1=O. The molecule has 2 aromatic rings. The van der Waals surface area contributed by atoms with E-state index in [-0.39, 0.29) is 24.7 Å². The summed E-state index contributed by atoms with van der Waals surface area (Å²) in [6.07, 6.45) is 2.05. The van der Waals surface area contributed by atoms with E-state index in [1.807, 2.05) is 0 Å². The predicted molar refractivity (Wildman–Crippen MR) is 75.2 cm³/mol. The van der Waals surface area contributed by atoms with E-state index < -0.39 is 0 Å². The van der Waals surface area contributed by atoms with Crippen LogP contribution in [0.1, 0.15) is 10.4 Å². The molecule has 0 saturated carbocycles. The van der Waals surface area contributed by atoms with E-state index in [0.29, 0.717) is 23.3 Å². The maximum absolute atomic E-state index is 11.7. The molecule has 1 aromatic carbocycles. The number of aromatic hydroxyl groups is 1. The van der Waals surface area contributed by atoms with E-state index in [2.05, 4.69) is 0 Å². The zero-order valence-electron chi connectivity index (χ0n) is 11.8. The molecular formula is C14H16N2O5. The summed E-state index contributed by atoms with van der Waals surface area (Å²) in [5.41, 5.74) is 0.162. The fourth-order valence-corrected chi connectivity index (χ4v) is 1.92. The van der Waals surface area contributed by atoms with E-state index in [9.17, 15) is 14.7 Å². The maximum Gasteiger partial charge on any atom is 0.330 e. The van der Waals surface area contributed by atoms with Gasteiger partial charge in [0.15, 0.2) is 11.5 Å². The van der Waals surface area contributed by atoms with Crippen molar-refractivity contribution in [2.45, 2.75) is 6.54 Å². The molecule has 0 aliphatic heterocycles. The Morgan fingerprint density at radius 2 is 2.10 bits per heavy atom. The molecule has 21 heavy (non-hydrogen) atoms. The van der Waals surface area contributed by atoms with Gasteiger partial charge >= 0.3 is 5.69 Å². The fourth-order valence-electron chi connectivity index (χ4n) is 1.92. The number of hydrogen-bond donors (Lipinski definition) is 1. The summed E-state index contributed by atoms with van der Waals surface area (Å²) >= 11 is 0. The molecule has 0 saturated heterocycles. The van der Waals surface area contributed by atoms with Crippen molar-refractivity contribution >= 4 is 6.29 Å². The first kappa shape index (κ1) is 14.7. The molecular weight excluding hydrogens is 276 g/mol. The summed E-state index contributed by atoms with van der Waals surface area (Å²) in [5.74, 6) is 0.783. The van der Waals surface area contributed by atoms with Gasteiger partial charge in [0.2, 0.25) is 5.88 Å². The van der Waals surface area contributed by atoms with Gasteiger partial charge in [-0.05, 0) is 18.2 Å². The monoisotopic (exact) mass is 292 g/mol. The highest BCUT2D eigenvalue weighted by atomic mass is 16.5. The largest absolute Gasteiger partial charge is 0.493 e. The Labute approximate surface area is 121 Å². The molecule has 7 heteroatoms. The highest BCUT2D eigenvalue weighted by Crippen LogP contribution is 2.27. The summed E-state index contributed by atoms with van der Waals surface area (Å²) in [4.78, 5) is 22.4. The van der Waals surface area contributed by atoms with Crippen molar-refractivity contribution in [3.63, 3.8) is 0 Å². The van der Waals surface area contributed by atoms with Gasteiger partial charge in [-0.3, -0.25) is 13.9 Å². The number of aryl methyl sites for hydroxylation is 1. The molecule has 112 valence electrons. The molecule has 1 aromatic heterocycles. The lowest BCUT2D eigenvalue weighted by Crippen LogP contribution is -2.24. The summed E-state index contributed by atoms with van der Waals surface area (Å²) in [6.45, 7) is 0.373. The first-order valence-corrected chi connectivity index (χ1v) is 6.28. The minimum atomic E-state index is -0.320. The molecule has 0 bridgehead atoms. The summed E-state index contributed by atoms with van der Waals surface area (Å²) in [7, 11) is 3.03. The lowest BCUT2D eigenvalue weighted by molar-refractivity contribution is 0.112. The Morgan fingerprint density at radius 3 is 2.67 bits per heavy atom. The van der Waals surface area contributed by atoms with Crippen LogP contribution in [-0.4, -0.2) is 34.2 Å². The average Bonchev–Trinajstić information content (AvgIpc) is 2.73. The number of aldehydes is 1. The number of benzene rings is 1. The summed E-state index contributed by atoms with van der Waals surface area (Å²) in [6, 6.07) is 4.79. The Hall–Kier alpha value is -2.70. The van der Waals surface area contributed by atoms with Crippen LogP contribution < -0.4 is 15.2 Å². The van der Waals surface area contributed by atoms with Gasteiger partial charge < -0.3 is 14.6 Å². The number of ether oxygens (including phenoxy) is 2. The van der Waals surface area contributed by atoms with Gasteiger partial charge in [-0.2, -0.15) is 0 Å².